The summed E-state index contributed by atoms with van der Waals surface area (Å²) >= 11 is 3.31. The molecule has 1 aromatic rings. The van der Waals surface area contributed by atoms with E-state index < -0.39 is 0 Å². The van der Waals surface area contributed by atoms with Gasteiger partial charge in [-0.1, -0.05) is 15.9 Å². The van der Waals surface area contributed by atoms with Crippen LogP contribution in [0.25, 0.3) is 0 Å². The second-order valence-electron chi connectivity index (χ2n) is 3.42. The van der Waals surface area contributed by atoms with Crippen molar-refractivity contribution in [1.29, 1.82) is 0 Å². The highest BCUT2D eigenvalue weighted by Crippen LogP contribution is 2.29. The molecular weight excluding hydrogens is 235 g/mol. The lowest BCUT2D eigenvalue weighted by molar-refractivity contribution is 0.158. The van der Waals surface area contributed by atoms with Gasteiger partial charge in [-0.2, -0.15) is 0 Å². The van der Waals surface area contributed by atoms with Gasteiger partial charge in [0.1, 0.15) is 5.82 Å². The zero-order valence-corrected chi connectivity index (χ0v) is 8.64. The van der Waals surface area contributed by atoms with Crippen molar-refractivity contribution in [2.45, 2.75) is 25.4 Å². The normalized spacial score (nSPS) is 21.3. The van der Waals surface area contributed by atoms with Gasteiger partial charge in [-0.3, -0.25) is 0 Å². The van der Waals surface area contributed by atoms with E-state index in [1.165, 1.54) is 6.07 Å². The van der Waals surface area contributed by atoms with Gasteiger partial charge in [0.25, 0.3) is 0 Å². The number of hydrogen-bond donors (Lipinski definition) is 1. The van der Waals surface area contributed by atoms with Gasteiger partial charge in [0.05, 0.1) is 6.10 Å². The van der Waals surface area contributed by atoms with E-state index in [1.807, 2.05) is 0 Å². The van der Waals surface area contributed by atoms with Crippen LogP contribution in [0.15, 0.2) is 16.6 Å². The molecule has 70 valence electrons. The molecule has 0 saturated heterocycles. The standard InChI is InChI=1S/C10H10BrFO/c11-10-4-7(12)3-6-1-2-8(13)5-9(6)10/h3-4,8,13H,1-2,5H2. The van der Waals surface area contributed by atoms with Crippen molar-refractivity contribution in [2.24, 2.45) is 0 Å². The number of hydrogen-bond acceptors (Lipinski definition) is 1. The van der Waals surface area contributed by atoms with Gasteiger partial charge in [-0.25, -0.2) is 4.39 Å². The summed E-state index contributed by atoms with van der Waals surface area (Å²) in [6.07, 6.45) is 1.88. The summed E-state index contributed by atoms with van der Waals surface area (Å²) in [7, 11) is 0. The molecule has 1 nitrogen and oxygen atoms in total. The maximum Gasteiger partial charge on any atom is 0.124 e. The minimum absolute atomic E-state index is 0.206. The Hall–Kier alpha value is -0.410. The van der Waals surface area contributed by atoms with Crippen LogP contribution in [0, 0.1) is 5.82 Å². The van der Waals surface area contributed by atoms with E-state index in [2.05, 4.69) is 15.9 Å². The van der Waals surface area contributed by atoms with Crippen molar-refractivity contribution < 1.29 is 9.50 Å². The monoisotopic (exact) mass is 244 g/mol. The Bertz CT molecular complexity index is 338. The van der Waals surface area contributed by atoms with Crippen LogP contribution >= 0.6 is 15.9 Å². The molecule has 0 aliphatic heterocycles. The van der Waals surface area contributed by atoms with Gasteiger partial charge < -0.3 is 5.11 Å². The first-order valence-electron chi connectivity index (χ1n) is 4.31. The average Bonchev–Trinajstić information content (AvgIpc) is 2.06. The van der Waals surface area contributed by atoms with Gasteiger partial charge in [-0.05, 0) is 42.5 Å². The molecule has 1 N–H and O–H groups in total. The van der Waals surface area contributed by atoms with Gasteiger partial charge in [-0.15, -0.1) is 0 Å². The molecule has 0 bridgehead atoms. The largest absolute Gasteiger partial charge is 0.393 e. The number of halogens is 2. The van der Waals surface area contributed by atoms with Crippen LogP contribution in [0.4, 0.5) is 4.39 Å². The van der Waals surface area contributed by atoms with E-state index >= 15 is 0 Å². The highest BCUT2D eigenvalue weighted by Gasteiger charge is 2.19. The molecule has 1 unspecified atom stereocenters. The molecule has 1 aromatic carbocycles. The van der Waals surface area contributed by atoms with Crippen LogP contribution in [-0.2, 0) is 12.8 Å². The van der Waals surface area contributed by atoms with Crippen molar-refractivity contribution >= 4 is 15.9 Å². The molecule has 1 aliphatic carbocycles. The van der Waals surface area contributed by atoms with E-state index in [-0.39, 0.29) is 11.9 Å². The Kier molecular flexibility index (Phi) is 2.39. The molecule has 0 saturated carbocycles. The highest BCUT2D eigenvalue weighted by molar-refractivity contribution is 9.10. The summed E-state index contributed by atoms with van der Waals surface area (Å²) in [5.74, 6) is -0.206. The predicted molar refractivity (Wildman–Crippen MR) is 52.1 cm³/mol. The third-order valence-electron chi connectivity index (χ3n) is 2.44. The Morgan fingerprint density at radius 1 is 1.46 bits per heavy atom. The molecule has 0 spiro atoms. The van der Waals surface area contributed by atoms with Crippen LogP contribution in [-0.4, -0.2) is 11.2 Å². The second-order valence-corrected chi connectivity index (χ2v) is 4.28. The fourth-order valence-electron chi connectivity index (χ4n) is 1.77. The van der Waals surface area contributed by atoms with Crippen molar-refractivity contribution in [1.82, 2.24) is 0 Å². The van der Waals surface area contributed by atoms with Crippen LogP contribution in [0.2, 0.25) is 0 Å². The Balaban J connectivity index is 2.47. The minimum Gasteiger partial charge on any atom is -0.393 e. The SMILES string of the molecule is OC1CCc2cc(F)cc(Br)c2C1. The molecule has 0 amide bonds. The van der Waals surface area contributed by atoms with E-state index in [0.29, 0.717) is 6.42 Å². The Morgan fingerprint density at radius 2 is 2.23 bits per heavy atom. The third kappa shape index (κ3) is 1.76. The number of aryl methyl sites for hydroxylation is 1. The van der Waals surface area contributed by atoms with Crippen molar-refractivity contribution in [3.8, 4) is 0 Å². The lowest BCUT2D eigenvalue weighted by Crippen LogP contribution is -2.19. The molecule has 13 heavy (non-hydrogen) atoms. The van der Waals surface area contributed by atoms with E-state index in [4.69, 9.17) is 0 Å². The number of aliphatic hydroxyl groups excluding tert-OH is 1. The van der Waals surface area contributed by atoms with Crippen LogP contribution < -0.4 is 0 Å². The third-order valence-corrected chi connectivity index (χ3v) is 3.15. The highest BCUT2D eigenvalue weighted by atomic mass is 79.9. The van der Waals surface area contributed by atoms with Gasteiger partial charge in [0, 0.05) is 4.47 Å². The zero-order valence-electron chi connectivity index (χ0n) is 7.06. The number of rotatable bonds is 0. The number of aliphatic hydroxyl groups is 1. The first-order valence-corrected chi connectivity index (χ1v) is 5.11. The summed E-state index contributed by atoms with van der Waals surface area (Å²) in [6, 6.07) is 3.02. The first kappa shape index (κ1) is 9.16. The van der Waals surface area contributed by atoms with Gasteiger partial charge >= 0.3 is 0 Å². The molecule has 0 aromatic heterocycles. The van der Waals surface area contributed by atoms with Crippen LogP contribution in [0.5, 0.6) is 0 Å². The molecule has 3 heteroatoms. The Labute approximate surface area is 84.7 Å². The molecular formula is C10H10BrFO. The zero-order chi connectivity index (χ0) is 9.42. The summed E-state index contributed by atoms with van der Waals surface area (Å²) in [5, 5.41) is 9.44. The molecule has 0 fully saturated rings. The molecule has 1 aliphatic rings. The summed E-state index contributed by atoms with van der Waals surface area (Å²) in [4.78, 5) is 0. The van der Waals surface area contributed by atoms with E-state index in [0.717, 1.165) is 28.4 Å². The first-order chi connectivity index (χ1) is 6.16. The quantitative estimate of drug-likeness (QED) is 0.744. The minimum atomic E-state index is -0.269. The average molecular weight is 245 g/mol. The summed E-state index contributed by atoms with van der Waals surface area (Å²) < 4.78 is 13.7. The van der Waals surface area contributed by atoms with Crippen molar-refractivity contribution in [3.63, 3.8) is 0 Å². The fraction of sp³-hybridized carbons (Fsp3) is 0.400. The molecule has 2 rings (SSSR count). The van der Waals surface area contributed by atoms with Crippen LogP contribution in [0.3, 0.4) is 0 Å². The number of benzene rings is 1. The summed E-state index contributed by atoms with van der Waals surface area (Å²) in [6.45, 7) is 0. The summed E-state index contributed by atoms with van der Waals surface area (Å²) in [5.41, 5.74) is 2.08. The van der Waals surface area contributed by atoms with Crippen molar-refractivity contribution in [3.05, 3.63) is 33.5 Å². The van der Waals surface area contributed by atoms with Gasteiger partial charge in [0.2, 0.25) is 0 Å². The lowest BCUT2D eigenvalue weighted by Gasteiger charge is -2.21. The maximum absolute atomic E-state index is 13.0. The maximum atomic E-state index is 13.0. The fourth-order valence-corrected chi connectivity index (χ4v) is 2.40. The predicted octanol–water partition coefficient (Wildman–Crippen LogP) is 2.44. The topological polar surface area (TPSA) is 20.2 Å². The van der Waals surface area contributed by atoms with Crippen molar-refractivity contribution in [2.75, 3.05) is 0 Å². The molecule has 0 heterocycles. The van der Waals surface area contributed by atoms with Crippen LogP contribution in [0.1, 0.15) is 17.5 Å². The lowest BCUT2D eigenvalue weighted by atomic mass is 9.90. The smallest absolute Gasteiger partial charge is 0.124 e. The molecule has 0 radical (unpaired) electrons. The van der Waals surface area contributed by atoms with E-state index in [9.17, 15) is 9.50 Å². The molecule has 1 atom stereocenters. The van der Waals surface area contributed by atoms with Gasteiger partial charge in [0.15, 0.2) is 0 Å². The second kappa shape index (κ2) is 3.39. The number of fused-ring (bicyclic) bond motifs is 1. The van der Waals surface area contributed by atoms with E-state index in [1.54, 1.807) is 6.07 Å². The Morgan fingerprint density at radius 3 is 3.00 bits per heavy atom.